The van der Waals surface area contributed by atoms with Gasteiger partial charge in [-0.05, 0) is 144 Å². The minimum atomic E-state index is 0.137. The second-order valence-corrected chi connectivity index (χ2v) is 28.7. The SMILES string of the molecule is CCCCCCCCCCCCCCCCOc1ccc(C=Nc2ccc(-c3cc(-c4ccc(N=Cc5ccc(OCCCCCCCCCCCCCCCC)cc5O)cc4)cc(-c4ccc(N=Cc5ccc(OCCCCCCCCCCCCCCCC)cc5O)cc4)c3)cc2)c(O)c1. The molecule has 3 N–H and O–H groups in total. The van der Waals surface area contributed by atoms with Crippen molar-refractivity contribution in [3.63, 3.8) is 0 Å². The number of benzene rings is 7. The summed E-state index contributed by atoms with van der Waals surface area (Å²) in [6.45, 7) is 8.77. The van der Waals surface area contributed by atoms with Gasteiger partial charge >= 0.3 is 0 Å². The summed E-state index contributed by atoms with van der Waals surface area (Å²) in [4.78, 5) is 14.3. The molecular weight excluding hydrogens is 1260 g/mol. The van der Waals surface area contributed by atoms with Gasteiger partial charge in [0.05, 0.1) is 36.9 Å². The molecular formula is C93H129N3O6. The van der Waals surface area contributed by atoms with Crippen molar-refractivity contribution in [2.24, 2.45) is 15.0 Å². The van der Waals surface area contributed by atoms with Gasteiger partial charge in [0.1, 0.15) is 34.5 Å². The summed E-state index contributed by atoms with van der Waals surface area (Å²) >= 11 is 0. The molecule has 0 saturated carbocycles. The van der Waals surface area contributed by atoms with E-state index in [0.717, 1.165) is 89.0 Å². The lowest BCUT2D eigenvalue weighted by molar-refractivity contribution is 0.302. The second kappa shape index (κ2) is 51.5. The summed E-state index contributed by atoms with van der Waals surface area (Å²) in [6, 6.07) is 47.5. The molecule has 9 heteroatoms. The summed E-state index contributed by atoms with van der Waals surface area (Å²) in [5.74, 6) is 2.42. The molecule has 0 bridgehead atoms. The molecule has 7 rings (SSSR count). The van der Waals surface area contributed by atoms with Gasteiger partial charge in [-0.2, -0.15) is 0 Å². The Hall–Kier alpha value is -7.65. The summed E-state index contributed by atoms with van der Waals surface area (Å²) in [5, 5.41) is 33.0. The molecule has 0 heterocycles. The van der Waals surface area contributed by atoms with E-state index < -0.39 is 0 Å². The highest BCUT2D eigenvalue weighted by Gasteiger charge is 2.12. The standard InChI is InChI=1S/C93H129N3O6/c1-4-7-10-13-16-19-22-25-28-31-34-37-40-43-64-100-88-61-52-79(91(97)70-88)73-94-85-55-46-76(47-56-85)82-67-83(77-48-57-86(58-49-77)95-74-80-53-62-89(71-92(80)98)101-65-44-41-38-35-32-29-26-23-20-17-14-11-8-5-2)69-84(68-82)78-50-59-87(60-51-78)96-75-81-54-63-90(72-93(81)99)102-66-45-42-39-36-33-30-27-24-21-18-15-12-9-6-3/h46-63,67-75,97-99H,4-45,64-66H2,1-3H3. The van der Waals surface area contributed by atoms with E-state index >= 15 is 0 Å². The molecule has 0 amide bonds. The minimum absolute atomic E-state index is 0.137. The average molecular weight is 1390 g/mol. The Kier molecular flexibility index (Phi) is 41.2. The number of phenols is 3. The maximum atomic E-state index is 11.0. The molecule has 0 radical (unpaired) electrons. The third kappa shape index (κ3) is 33.6. The lowest BCUT2D eigenvalue weighted by Gasteiger charge is -2.12. The number of unbranched alkanes of at least 4 members (excludes halogenated alkanes) is 39. The Labute approximate surface area is 617 Å². The van der Waals surface area contributed by atoms with Crippen molar-refractivity contribution >= 4 is 35.7 Å². The molecule has 0 unspecified atom stereocenters. The number of nitrogens with zero attached hydrogens (tertiary/aromatic N) is 3. The van der Waals surface area contributed by atoms with Gasteiger partial charge in [-0.15, -0.1) is 0 Å². The summed E-state index contributed by atoms with van der Waals surface area (Å²) < 4.78 is 18.1. The maximum Gasteiger partial charge on any atom is 0.128 e. The molecule has 0 atom stereocenters. The Morgan fingerprint density at radius 1 is 0.225 bits per heavy atom. The molecule has 552 valence electrons. The lowest BCUT2D eigenvalue weighted by Crippen LogP contribution is -1.97. The van der Waals surface area contributed by atoms with E-state index in [-0.39, 0.29) is 17.2 Å². The maximum absolute atomic E-state index is 11.0. The number of aliphatic imine (C=N–C) groups is 3. The number of ether oxygens (including phenoxy) is 3. The Morgan fingerprint density at radius 2 is 0.422 bits per heavy atom. The van der Waals surface area contributed by atoms with Crippen LogP contribution in [0.5, 0.6) is 34.5 Å². The molecule has 0 aliphatic rings. The van der Waals surface area contributed by atoms with Gasteiger partial charge in [0.2, 0.25) is 0 Å². The second-order valence-electron chi connectivity index (χ2n) is 28.7. The van der Waals surface area contributed by atoms with Gasteiger partial charge in [-0.3, -0.25) is 15.0 Å². The first-order valence-electron chi connectivity index (χ1n) is 40.7. The van der Waals surface area contributed by atoms with Crippen molar-refractivity contribution in [3.8, 4) is 67.9 Å². The number of phenolic OH excluding ortho intramolecular Hbond substituents is 3. The molecule has 7 aromatic rings. The summed E-state index contributed by atoms with van der Waals surface area (Å²) in [5.41, 5.74) is 10.4. The van der Waals surface area contributed by atoms with Gasteiger partial charge in [-0.1, -0.05) is 308 Å². The van der Waals surface area contributed by atoms with Crippen molar-refractivity contribution in [1.82, 2.24) is 0 Å². The van der Waals surface area contributed by atoms with Crippen LogP contribution in [0.15, 0.2) is 161 Å². The van der Waals surface area contributed by atoms with Crippen LogP contribution >= 0.6 is 0 Å². The van der Waals surface area contributed by atoms with Gasteiger partial charge in [0.15, 0.2) is 0 Å². The van der Waals surface area contributed by atoms with Crippen molar-refractivity contribution in [1.29, 1.82) is 0 Å². The van der Waals surface area contributed by atoms with E-state index in [4.69, 9.17) is 29.2 Å². The largest absolute Gasteiger partial charge is 0.507 e. The zero-order valence-electron chi connectivity index (χ0n) is 63.3. The zero-order valence-corrected chi connectivity index (χ0v) is 63.3. The summed E-state index contributed by atoms with van der Waals surface area (Å²) in [6.07, 6.45) is 60.5. The first kappa shape index (κ1) is 81.6. The zero-order chi connectivity index (χ0) is 71.5. The van der Waals surface area contributed by atoms with Crippen molar-refractivity contribution in [2.45, 2.75) is 290 Å². The highest BCUT2D eigenvalue weighted by molar-refractivity contribution is 5.88. The number of aromatic hydroxyl groups is 3. The van der Waals surface area contributed by atoms with Gasteiger partial charge in [0, 0.05) is 53.5 Å². The predicted octanol–water partition coefficient (Wildman–Crippen LogP) is 28.6. The third-order valence-corrected chi connectivity index (χ3v) is 19.9. The number of hydrogen-bond acceptors (Lipinski definition) is 9. The van der Waals surface area contributed by atoms with E-state index in [2.05, 4.69) is 75.4 Å². The molecule has 0 fully saturated rings. The Bertz CT molecular complexity index is 3060. The van der Waals surface area contributed by atoms with Crippen LogP contribution in [-0.2, 0) is 0 Å². The van der Waals surface area contributed by atoms with Crippen LogP contribution < -0.4 is 14.2 Å². The van der Waals surface area contributed by atoms with E-state index in [1.807, 2.05) is 72.8 Å². The fourth-order valence-corrected chi connectivity index (χ4v) is 13.4. The molecule has 0 saturated heterocycles. The van der Waals surface area contributed by atoms with Crippen molar-refractivity contribution < 1.29 is 29.5 Å². The van der Waals surface area contributed by atoms with Gasteiger partial charge in [0.25, 0.3) is 0 Å². The van der Waals surface area contributed by atoms with E-state index in [9.17, 15) is 15.3 Å². The molecule has 7 aromatic carbocycles. The third-order valence-electron chi connectivity index (χ3n) is 19.9. The van der Waals surface area contributed by atoms with Crippen LogP contribution in [0.2, 0.25) is 0 Å². The fraction of sp³-hybridized carbons (Fsp3) is 0.516. The molecule has 0 aromatic heterocycles. The normalized spacial score (nSPS) is 11.7. The van der Waals surface area contributed by atoms with Crippen molar-refractivity contribution in [3.05, 3.63) is 162 Å². The van der Waals surface area contributed by atoms with Crippen LogP contribution in [0, 0.1) is 0 Å². The quantitative estimate of drug-likeness (QED) is 0.0258. The first-order valence-corrected chi connectivity index (χ1v) is 40.7. The molecule has 9 nitrogen and oxygen atoms in total. The topological polar surface area (TPSA) is 125 Å². The lowest BCUT2D eigenvalue weighted by atomic mass is 9.93. The minimum Gasteiger partial charge on any atom is -0.507 e. The van der Waals surface area contributed by atoms with Crippen LogP contribution in [0.4, 0.5) is 17.1 Å². The summed E-state index contributed by atoms with van der Waals surface area (Å²) in [7, 11) is 0. The Morgan fingerprint density at radius 3 is 0.618 bits per heavy atom. The van der Waals surface area contributed by atoms with Gasteiger partial charge in [-0.25, -0.2) is 0 Å². The number of rotatable bonds is 57. The van der Waals surface area contributed by atoms with E-state index in [1.165, 1.54) is 231 Å². The monoisotopic (exact) mass is 1380 g/mol. The highest BCUT2D eigenvalue weighted by Crippen LogP contribution is 2.36. The van der Waals surface area contributed by atoms with E-state index in [1.54, 1.807) is 36.8 Å². The predicted molar refractivity (Wildman–Crippen MR) is 436 cm³/mol. The Balaban J connectivity index is 0.921. The average Bonchev–Trinajstić information content (AvgIpc) is 0.800. The smallest absolute Gasteiger partial charge is 0.128 e. The molecule has 0 spiro atoms. The molecule has 102 heavy (non-hydrogen) atoms. The van der Waals surface area contributed by atoms with Crippen LogP contribution in [-0.4, -0.2) is 53.8 Å². The highest BCUT2D eigenvalue weighted by atomic mass is 16.5. The van der Waals surface area contributed by atoms with E-state index in [0.29, 0.717) is 53.8 Å². The van der Waals surface area contributed by atoms with Crippen LogP contribution in [0.25, 0.3) is 33.4 Å². The number of hydrogen-bond donors (Lipinski definition) is 3. The first-order chi connectivity index (χ1) is 50.3. The van der Waals surface area contributed by atoms with Crippen LogP contribution in [0.1, 0.15) is 307 Å². The van der Waals surface area contributed by atoms with Crippen LogP contribution in [0.3, 0.4) is 0 Å². The fourth-order valence-electron chi connectivity index (χ4n) is 13.4. The van der Waals surface area contributed by atoms with Gasteiger partial charge < -0.3 is 29.5 Å². The molecule has 0 aliphatic carbocycles. The van der Waals surface area contributed by atoms with Crippen molar-refractivity contribution in [2.75, 3.05) is 19.8 Å². The molecule has 0 aliphatic heterocycles.